The molecule has 6 nitrogen and oxygen atoms in total. The van der Waals surface area contributed by atoms with E-state index in [9.17, 15) is 13.2 Å². The van der Waals surface area contributed by atoms with Crippen molar-refractivity contribution >= 4 is 17.4 Å². The second-order valence-electron chi connectivity index (χ2n) is 8.94. The molecule has 32 heavy (non-hydrogen) atoms. The van der Waals surface area contributed by atoms with Crippen LogP contribution in [-0.2, 0) is 18.5 Å². The topological polar surface area (TPSA) is 60.6 Å². The number of anilines is 1. The molecule has 3 aromatic rings. The predicted octanol–water partition coefficient (Wildman–Crippen LogP) is 5.67. The predicted molar refractivity (Wildman–Crippen MR) is 117 cm³/mol. The standard InChI is InChI=1S/C22H24ClF3N6/c1-13(2)28-18-10-15(16(23)11-27-18)14-9-17-19-29-30-20(21(5-3-6-21)22(24,25)26)32(19)8-4-7-31(17)12-14/h9-13H,3-8H2,1-2H3,(H,27,28). The average molecular weight is 465 g/mol. The Morgan fingerprint density at radius 3 is 2.56 bits per heavy atom. The van der Waals surface area contributed by atoms with Gasteiger partial charge in [0.05, 0.1) is 10.7 Å². The summed E-state index contributed by atoms with van der Waals surface area (Å²) in [6.07, 6.45) is 0.626. The SMILES string of the molecule is CC(C)Nc1cc(-c2cc3n(c2)CCCn2c-3nnc2C2(C(F)(F)F)CCC2)c(Cl)cn1. The van der Waals surface area contributed by atoms with Crippen LogP contribution in [0.4, 0.5) is 19.0 Å². The quantitative estimate of drug-likeness (QED) is 0.540. The molecule has 170 valence electrons. The average Bonchev–Trinajstić information content (AvgIpc) is 3.22. The Hall–Kier alpha value is -2.55. The number of nitrogens with zero attached hydrogens (tertiary/aromatic N) is 5. The molecule has 1 N–H and O–H groups in total. The number of aromatic nitrogens is 5. The van der Waals surface area contributed by atoms with Crippen LogP contribution in [0, 0.1) is 0 Å². The fourth-order valence-electron chi connectivity index (χ4n) is 4.69. The molecular weight excluding hydrogens is 441 g/mol. The lowest BCUT2D eigenvalue weighted by molar-refractivity contribution is -0.216. The summed E-state index contributed by atoms with van der Waals surface area (Å²) in [6.45, 7) is 5.19. The monoisotopic (exact) mass is 464 g/mol. The van der Waals surface area contributed by atoms with E-state index < -0.39 is 11.6 Å². The summed E-state index contributed by atoms with van der Waals surface area (Å²) in [6, 6.07) is 4.03. The number of rotatable bonds is 4. The van der Waals surface area contributed by atoms with E-state index in [4.69, 9.17) is 11.6 Å². The molecular formula is C22H24ClF3N6. The van der Waals surface area contributed by atoms with E-state index in [1.165, 1.54) is 0 Å². The van der Waals surface area contributed by atoms with Crippen LogP contribution in [-0.4, -0.2) is 36.5 Å². The van der Waals surface area contributed by atoms with Gasteiger partial charge in [0.2, 0.25) is 0 Å². The molecule has 3 aromatic heterocycles. The zero-order chi connectivity index (χ0) is 22.7. The molecule has 0 spiro atoms. The summed E-state index contributed by atoms with van der Waals surface area (Å²) in [5.41, 5.74) is 0.544. The second kappa shape index (κ2) is 7.50. The van der Waals surface area contributed by atoms with E-state index in [0.29, 0.717) is 42.6 Å². The van der Waals surface area contributed by atoms with Crippen LogP contribution in [0.1, 0.15) is 45.4 Å². The van der Waals surface area contributed by atoms with Crippen molar-refractivity contribution in [2.75, 3.05) is 5.32 Å². The first kappa shape index (κ1) is 21.3. The van der Waals surface area contributed by atoms with Gasteiger partial charge in [-0.15, -0.1) is 10.2 Å². The van der Waals surface area contributed by atoms with E-state index in [-0.39, 0.29) is 24.7 Å². The number of hydrogen-bond acceptors (Lipinski definition) is 4. The molecule has 5 rings (SSSR count). The largest absolute Gasteiger partial charge is 0.401 e. The summed E-state index contributed by atoms with van der Waals surface area (Å²) in [7, 11) is 0. The van der Waals surface area contributed by atoms with Gasteiger partial charge in [0, 0.05) is 42.7 Å². The van der Waals surface area contributed by atoms with E-state index in [0.717, 1.165) is 16.8 Å². The molecule has 1 aliphatic carbocycles. The highest BCUT2D eigenvalue weighted by Gasteiger charge is 2.62. The zero-order valence-corrected chi connectivity index (χ0v) is 18.6. The molecule has 1 fully saturated rings. The zero-order valence-electron chi connectivity index (χ0n) is 17.9. The van der Waals surface area contributed by atoms with E-state index in [1.807, 2.05) is 36.7 Å². The van der Waals surface area contributed by atoms with Gasteiger partial charge in [-0.3, -0.25) is 0 Å². The van der Waals surface area contributed by atoms with Crippen LogP contribution < -0.4 is 5.32 Å². The Labute approximate surface area is 188 Å². The number of hydrogen-bond donors (Lipinski definition) is 1. The molecule has 1 aliphatic heterocycles. The first-order valence-corrected chi connectivity index (χ1v) is 11.2. The summed E-state index contributed by atoms with van der Waals surface area (Å²) in [5.74, 6) is 1.24. The minimum absolute atomic E-state index is 0.0489. The van der Waals surface area contributed by atoms with Gasteiger partial charge in [-0.1, -0.05) is 18.0 Å². The summed E-state index contributed by atoms with van der Waals surface area (Å²) < 4.78 is 45.6. The third-order valence-corrected chi connectivity index (χ3v) is 6.74. The molecule has 10 heteroatoms. The Kier molecular flexibility index (Phi) is 5.00. The fraction of sp³-hybridized carbons (Fsp3) is 0.500. The van der Waals surface area contributed by atoms with Crippen LogP contribution in [0.5, 0.6) is 0 Å². The maximum atomic E-state index is 14.0. The van der Waals surface area contributed by atoms with Gasteiger partial charge < -0.3 is 14.5 Å². The Bertz CT molecular complexity index is 1160. The molecule has 0 radical (unpaired) electrons. The first-order valence-electron chi connectivity index (χ1n) is 10.8. The smallest absolute Gasteiger partial charge is 0.368 e. The molecule has 2 aliphatic rings. The van der Waals surface area contributed by atoms with Crippen molar-refractivity contribution in [3.8, 4) is 22.6 Å². The highest BCUT2D eigenvalue weighted by Crippen LogP contribution is 2.54. The molecule has 0 atom stereocenters. The van der Waals surface area contributed by atoms with E-state index in [1.54, 1.807) is 10.8 Å². The normalized spacial score (nSPS) is 17.5. The van der Waals surface area contributed by atoms with Gasteiger partial charge in [-0.25, -0.2) is 4.98 Å². The number of pyridine rings is 1. The molecule has 0 amide bonds. The van der Waals surface area contributed by atoms with Crippen LogP contribution in [0.15, 0.2) is 24.5 Å². The van der Waals surface area contributed by atoms with Crippen LogP contribution in [0.25, 0.3) is 22.6 Å². The number of nitrogens with one attached hydrogen (secondary N) is 1. The first-order chi connectivity index (χ1) is 15.2. The highest BCUT2D eigenvalue weighted by atomic mass is 35.5. The summed E-state index contributed by atoms with van der Waals surface area (Å²) in [5, 5.41) is 12.1. The molecule has 4 heterocycles. The minimum Gasteiger partial charge on any atom is -0.368 e. The third-order valence-electron chi connectivity index (χ3n) is 6.44. The van der Waals surface area contributed by atoms with Gasteiger partial charge >= 0.3 is 6.18 Å². The van der Waals surface area contributed by atoms with Crippen molar-refractivity contribution in [3.05, 3.63) is 35.4 Å². The molecule has 0 bridgehead atoms. The van der Waals surface area contributed by atoms with Crippen molar-refractivity contribution in [2.24, 2.45) is 0 Å². The van der Waals surface area contributed by atoms with Crippen LogP contribution in [0.2, 0.25) is 5.02 Å². The van der Waals surface area contributed by atoms with Crippen molar-refractivity contribution in [3.63, 3.8) is 0 Å². The van der Waals surface area contributed by atoms with Gasteiger partial charge in [0.15, 0.2) is 5.82 Å². The fourth-order valence-corrected chi connectivity index (χ4v) is 4.90. The molecule has 0 unspecified atom stereocenters. The third kappa shape index (κ3) is 3.29. The summed E-state index contributed by atoms with van der Waals surface area (Å²) >= 11 is 6.45. The van der Waals surface area contributed by atoms with Crippen LogP contribution in [0.3, 0.4) is 0 Å². The van der Waals surface area contributed by atoms with E-state index >= 15 is 0 Å². The lowest BCUT2D eigenvalue weighted by Gasteiger charge is -2.42. The van der Waals surface area contributed by atoms with Crippen molar-refractivity contribution in [2.45, 2.75) is 70.3 Å². The maximum Gasteiger partial charge on any atom is 0.401 e. The van der Waals surface area contributed by atoms with Gasteiger partial charge in [0.1, 0.15) is 17.1 Å². The molecule has 1 saturated carbocycles. The van der Waals surface area contributed by atoms with Crippen molar-refractivity contribution in [1.82, 2.24) is 24.3 Å². The maximum absolute atomic E-state index is 14.0. The number of aryl methyl sites for hydroxylation is 1. The number of fused-ring (bicyclic) bond motifs is 3. The van der Waals surface area contributed by atoms with Gasteiger partial charge in [-0.2, -0.15) is 13.2 Å². The summed E-state index contributed by atoms with van der Waals surface area (Å²) in [4.78, 5) is 4.32. The second-order valence-corrected chi connectivity index (χ2v) is 9.35. The molecule has 0 saturated heterocycles. The van der Waals surface area contributed by atoms with Gasteiger partial charge in [-0.05, 0) is 45.2 Å². The lowest BCUT2D eigenvalue weighted by Crippen LogP contribution is -2.49. The molecule has 0 aromatic carbocycles. The number of alkyl halides is 3. The highest BCUT2D eigenvalue weighted by molar-refractivity contribution is 6.33. The van der Waals surface area contributed by atoms with Gasteiger partial charge in [0.25, 0.3) is 0 Å². The van der Waals surface area contributed by atoms with Crippen molar-refractivity contribution < 1.29 is 13.2 Å². The van der Waals surface area contributed by atoms with Crippen molar-refractivity contribution in [1.29, 1.82) is 0 Å². The number of halogens is 4. The minimum atomic E-state index is -4.33. The van der Waals surface area contributed by atoms with E-state index in [2.05, 4.69) is 20.5 Å². The lowest BCUT2D eigenvalue weighted by atomic mass is 9.67. The Morgan fingerprint density at radius 2 is 1.91 bits per heavy atom. The Balaban J connectivity index is 1.58. The van der Waals surface area contributed by atoms with Crippen LogP contribution >= 0.6 is 11.6 Å². The Morgan fingerprint density at radius 1 is 1.12 bits per heavy atom.